The third-order valence-electron chi connectivity index (χ3n) is 3.74. The number of aliphatic hydroxyl groups excluding tert-OH is 1. The number of hydrogen-bond donors (Lipinski definition) is 2. The van der Waals surface area contributed by atoms with Crippen molar-refractivity contribution in [1.82, 2.24) is 4.31 Å². The minimum Gasteiger partial charge on any atom is -0.391 e. The highest BCUT2D eigenvalue weighted by molar-refractivity contribution is 7.89. The van der Waals surface area contributed by atoms with Crippen LogP contribution in [-0.4, -0.2) is 44.6 Å². The predicted octanol–water partition coefficient (Wildman–Crippen LogP) is 2.15. The molecule has 0 heterocycles. The SMILES string of the molecule is CCC(CC)C(O)CNc1ccccc1S(=O)(=O)N(C)C. The number of aliphatic hydroxyl groups is 1. The summed E-state index contributed by atoms with van der Waals surface area (Å²) in [4.78, 5) is 0.228. The summed E-state index contributed by atoms with van der Waals surface area (Å²) in [6.07, 6.45) is 1.31. The van der Waals surface area contributed by atoms with Crippen LogP contribution >= 0.6 is 0 Å². The highest BCUT2D eigenvalue weighted by Gasteiger charge is 2.22. The number of nitrogens with one attached hydrogen (secondary N) is 1. The van der Waals surface area contributed by atoms with Crippen LogP contribution < -0.4 is 5.32 Å². The van der Waals surface area contributed by atoms with E-state index in [-0.39, 0.29) is 10.8 Å². The molecule has 5 nitrogen and oxygen atoms in total. The van der Waals surface area contributed by atoms with Gasteiger partial charge in [-0.05, 0) is 18.1 Å². The number of nitrogens with zero attached hydrogens (tertiary/aromatic N) is 1. The average molecular weight is 314 g/mol. The molecule has 0 spiro atoms. The second-order valence-corrected chi connectivity index (χ2v) is 7.43. The van der Waals surface area contributed by atoms with Gasteiger partial charge in [-0.2, -0.15) is 0 Å². The first-order chi connectivity index (χ1) is 9.84. The van der Waals surface area contributed by atoms with Crippen LogP contribution in [0.15, 0.2) is 29.2 Å². The Hall–Kier alpha value is -1.11. The highest BCUT2D eigenvalue weighted by atomic mass is 32.2. The monoisotopic (exact) mass is 314 g/mol. The third kappa shape index (κ3) is 4.43. The van der Waals surface area contributed by atoms with Gasteiger partial charge in [-0.1, -0.05) is 38.8 Å². The van der Waals surface area contributed by atoms with Gasteiger partial charge in [0.2, 0.25) is 10.0 Å². The van der Waals surface area contributed by atoms with Crippen LogP contribution in [-0.2, 0) is 10.0 Å². The molecule has 1 aromatic rings. The molecule has 0 saturated heterocycles. The van der Waals surface area contributed by atoms with Crippen LogP contribution in [0.4, 0.5) is 5.69 Å². The number of para-hydroxylation sites is 1. The largest absolute Gasteiger partial charge is 0.391 e. The first-order valence-corrected chi connectivity index (χ1v) is 8.72. The van der Waals surface area contributed by atoms with E-state index in [2.05, 4.69) is 5.32 Å². The lowest BCUT2D eigenvalue weighted by atomic mass is 9.96. The molecule has 6 heteroatoms. The van der Waals surface area contributed by atoms with Crippen LogP contribution in [0.3, 0.4) is 0 Å². The lowest BCUT2D eigenvalue weighted by Gasteiger charge is -2.22. The van der Waals surface area contributed by atoms with Gasteiger partial charge in [-0.15, -0.1) is 0 Å². The Morgan fingerprint density at radius 2 is 1.76 bits per heavy atom. The van der Waals surface area contributed by atoms with Gasteiger partial charge in [0.15, 0.2) is 0 Å². The second kappa shape index (κ2) is 7.77. The molecule has 0 bridgehead atoms. The Kier molecular flexibility index (Phi) is 6.64. The molecule has 0 radical (unpaired) electrons. The molecule has 0 aliphatic heterocycles. The van der Waals surface area contributed by atoms with Crippen molar-refractivity contribution in [3.8, 4) is 0 Å². The number of sulfonamides is 1. The highest BCUT2D eigenvalue weighted by Crippen LogP contribution is 2.23. The van der Waals surface area contributed by atoms with Gasteiger partial charge in [-0.3, -0.25) is 0 Å². The molecule has 120 valence electrons. The van der Waals surface area contributed by atoms with Gasteiger partial charge < -0.3 is 10.4 Å². The van der Waals surface area contributed by atoms with Crippen LogP contribution in [0.25, 0.3) is 0 Å². The second-order valence-electron chi connectivity index (χ2n) is 5.31. The van der Waals surface area contributed by atoms with Crippen molar-refractivity contribution in [2.75, 3.05) is 26.0 Å². The minimum atomic E-state index is -3.50. The molecular formula is C15H26N2O3S. The van der Waals surface area contributed by atoms with E-state index in [1.54, 1.807) is 24.3 Å². The maximum atomic E-state index is 12.3. The van der Waals surface area contributed by atoms with Crippen molar-refractivity contribution in [3.63, 3.8) is 0 Å². The lowest BCUT2D eigenvalue weighted by Crippen LogP contribution is -2.29. The minimum absolute atomic E-state index is 0.218. The Morgan fingerprint density at radius 1 is 1.19 bits per heavy atom. The predicted molar refractivity (Wildman–Crippen MR) is 85.9 cm³/mol. The normalized spacial score (nSPS) is 13.7. The van der Waals surface area contributed by atoms with Crippen molar-refractivity contribution in [2.24, 2.45) is 5.92 Å². The molecule has 1 rings (SSSR count). The summed E-state index contributed by atoms with van der Waals surface area (Å²) in [6, 6.07) is 6.76. The van der Waals surface area contributed by atoms with Crippen molar-refractivity contribution < 1.29 is 13.5 Å². The van der Waals surface area contributed by atoms with Crippen molar-refractivity contribution >= 4 is 15.7 Å². The van der Waals surface area contributed by atoms with E-state index in [1.165, 1.54) is 18.4 Å². The smallest absolute Gasteiger partial charge is 0.244 e. The quantitative estimate of drug-likeness (QED) is 0.771. The molecular weight excluding hydrogens is 288 g/mol. The fourth-order valence-corrected chi connectivity index (χ4v) is 3.31. The van der Waals surface area contributed by atoms with Crippen LogP contribution in [0, 0.1) is 5.92 Å². The lowest BCUT2D eigenvalue weighted by molar-refractivity contribution is 0.114. The maximum Gasteiger partial charge on any atom is 0.244 e. The van der Waals surface area contributed by atoms with Gasteiger partial charge in [0.1, 0.15) is 4.90 Å². The summed E-state index contributed by atoms with van der Waals surface area (Å²) < 4.78 is 25.7. The summed E-state index contributed by atoms with van der Waals surface area (Å²) in [5.74, 6) is 0.218. The molecule has 1 atom stereocenters. The zero-order chi connectivity index (χ0) is 16.0. The molecule has 0 aliphatic carbocycles. The fraction of sp³-hybridized carbons (Fsp3) is 0.600. The molecule has 1 unspecified atom stereocenters. The molecule has 0 saturated carbocycles. The molecule has 0 amide bonds. The molecule has 1 aromatic carbocycles. The van der Waals surface area contributed by atoms with E-state index >= 15 is 0 Å². The fourth-order valence-electron chi connectivity index (χ4n) is 2.25. The summed E-state index contributed by atoms with van der Waals surface area (Å²) in [5.41, 5.74) is 0.524. The van der Waals surface area contributed by atoms with Gasteiger partial charge in [0.25, 0.3) is 0 Å². The number of hydrogen-bond acceptors (Lipinski definition) is 4. The summed E-state index contributed by atoms with van der Waals surface area (Å²) in [7, 11) is -0.487. The van der Waals surface area contributed by atoms with E-state index in [4.69, 9.17) is 0 Å². The Morgan fingerprint density at radius 3 is 2.29 bits per heavy atom. The van der Waals surface area contributed by atoms with Crippen LogP contribution in [0.5, 0.6) is 0 Å². The number of benzene rings is 1. The maximum absolute atomic E-state index is 12.3. The molecule has 0 fully saturated rings. The Labute approximate surface area is 128 Å². The third-order valence-corrected chi connectivity index (χ3v) is 5.61. The molecule has 21 heavy (non-hydrogen) atoms. The Bertz CT molecular complexity index is 540. The van der Waals surface area contributed by atoms with Crippen LogP contribution in [0.2, 0.25) is 0 Å². The molecule has 0 aromatic heterocycles. The topological polar surface area (TPSA) is 69.6 Å². The standard InChI is InChI=1S/C15H26N2O3S/c1-5-12(6-2)14(18)11-16-13-9-7-8-10-15(13)21(19,20)17(3)4/h7-10,12,14,16,18H,5-6,11H2,1-4H3. The van der Waals surface area contributed by atoms with E-state index in [0.717, 1.165) is 12.8 Å². The van der Waals surface area contributed by atoms with Crippen molar-refractivity contribution in [1.29, 1.82) is 0 Å². The molecule has 0 aliphatic rings. The van der Waals surface area contributed by atoms with Gasteiger partial charge in [0, 0.05) is 20.6 Å². The number of rotatable bonds is 8. The average Bonchev–Trinajstić information content (AvgIpc) is 2.46. The first kappa shape index (κ1) is 17.9. The Balaban J connectivity index is 2.91. The molecule has 2 N–H and O–H groups in total. The summed E-state index contributed by atoms with van der Waals surface area (Å²) in [6.45, 7) is 4.43. The van der Waals surface area contributed by atoms with Gasteiger partial charge in [0.05, 0.1) is 11.8 Å². The summed E-state index contributed by atoms with van der Waals surface area (Å²) in [5, 5.41) is 13.2. The zero-order valence-electron chi connectivity index (χ0n) is 13.2. The van der Waals surface area contributed by atoms with Crippen molar-refractivity contribution in [3.05, 3.63) is 24.3 Å². The van der Waals surface area contributed by atoms with E-state index < -0.39 is 16.1 Å². The number of anilines is 1. The van der Waals surface area contributed by atoms with E-state index in [9.17, 15) is 13.5 Å². The van der Waals surface area contributed by atoms with E-state index in [1.807, 2.05) is 13.8 Å². The summed E-state index contributed by atoms with van der Waals surface area (Å²) >= 11 is 0. The van der Waals surface area contributed by atoms with Gasteiger partial charge >= 0.3 is 0 Å². The van der Waals surface area contributed by atoms with E-state index in [0.29, 0.717) is 12.2 Å². The van der Waals surface area contributed by atoms with Crippen LogP contribution in [0.1, 0.15) is 26.7 Å². The van der Waals surface area contributed by atoms with Crippen molar-refractivity contribution in [2.45, 2.75) is 37.7 Å². The zero-order valence-corrected chi connectivity index (χ0v) is 14.0. The first-order valence-electron chi connectivity index (χ1n) is 7.28. The van der Waals surface area contributed by atoms with Gasteiger partial charge in [-0.25, -0.2) is 12.7 Å².